The quantitative estimate of drug-likeness (QED) is 0.366. The van der Waals surface area contributed by atoms with E-state index < -0.39 is 5.97 Å². The standard InChI is InChI=1S/C27H28N4O4S/c1-18-6-2-3-7-22(18)30-27(35)29-20-11-9-19(10-12-20)16-24(32)31-15-5-4-8-23(31)26-28-21(17-36-26)13-14-25(33)34/h2-7,9-12,17,23H,8,13-16H2,1H3,(H,33,34)(H2,29,30,35). The van der Waals surface area contributed by atoms with Crippen molar-refractivity contribution in [3.8, 4) is 0 Å². The van der Waals surface area contributed by atoms with Crippen molar-refractivity contribution in [2.24, 2.45) is 0 Å². The molecule has 3 aromatic rings. The van der Waals surface area contributed by atoms with E-state index in [-0.39, 0.29) is 30.8 Å². The molecule has 1 aromatic heterocycles. The van der Waals surface area contributed by atoms with Gasteiger partial charge in [0.25, 0.3) is 0 Å². The van der Waals surface area contributed by atoms with Crippen LogP contribution in [0.25, 0.3) is 0 Å². The molecule has 0 radical (unpaired) electrons. The summed E-state index contributed by atoms with van der Waals surface area (Å²) in [6.45, 7) is 2.43. The minimum absolute atomic E-state index is 0.00959. The van der Waals surface area contributed by atoms with E-state index >= 15 is 0 Å². The third kappa shape index (κ3) is 6.57. The molecular formula is C27H28N4O4S. The van der Waals surface area contributed by atoms with Crippen molar-refractivity contribution in [2.75, 3.05) is 17.2 Å². The van der Waals surface area contributed by atoms with Crippen molar-refractivity contribution < 1.29 is 19.5 Å². The monoisotopic (exact) mass is 504 g/mol. The van der Waals surface area contributed by atoms with E-state index in [1.54, 1.807) is 12.1 Å². The molecule has 1 aliphatic heterocycles. The molecule has 3 amide bonds. The van der Waals surface area contributed by atoms with Crippen LogP contribution in [0.5, 0.6) is 0 Å². The van der Waals surface area contributed by atoms with Gasteiger partial charge in [-0.05, 0) is 42.7 Å². The number of benzene rings is 2. The van der Waals surface area contributed by atoms with E-state index in [4.69, 9.17) is 5.11 Å². The molecule has 36 heavy (non-hydrogen) atoms. The van der Waals surface area contributed by atoms with Crippen molar-refractivity contribution in [2.45, 2.75) is 38.6 Å². The largest absolute Gasteiger partial charge is 0.481 e. The summed E-state index contributed by atoms with van der Waals surface area (Å²) in [7, 11) is 0. The Morgan fingerprint density at radius 1 is 1.08 bits per heavy atom. The summed E-state index contributed by atoms with van der Waals surface area (Å²) >= 11 is 1.47. The van der Waals surface area contributed by atoms with E-state index in [1.165, 1.54) is 11.3 Å². The second kappa shape index (κ2) is 11.6. The molecule has 8 nitrogen and oxygen atoms in total. The van der Waals surface area contributed by atoms with Crippen molar-refractivity contribution in [3.63, 3.8) is 0 Å². The van der Waals surface area contributed by atoms with Crippen LogP contribution in [0.2, 0.25) is 0 Å². The fraction of sp³-hybridized carbons (Fsp3) is 0.259. The number of carbonyl (C=O) groups is 3. The normalized spacial score (nSPS) is 14.9. The summed E-state index contributed by atoms with van der Waals surface area (Å²) in [6, 6.07) is 14.3. The molecule has 186 valence electrons. The highest BCUT2D eigenvalue weighted by molar-refractivity contribution is 7.09. The minimum Gasteiger partial charge on any atom is -0.481 e. The molecule has 2 aromatic carbocycles. The molecule has 4 rings (SSSR count). The van der Waals surface area contributed by atoms with E-state index in [9.17, 15) is 14.4 Å². The Morgan fingerprint density at radius 3 is 2.61 bits per heavy atom. The highest BCUT2D eigenvalue weighted by Crippen LogP contribution is 2.31. The van der Waals surface area contributed by atoms with Gasteiger partial charge in [-0.25, -0.2) is 9.78 Å². The maximum Gasteiger partial charge on any atom is 0.323 e. The van der Waals surface area contributed by atoms with Gasteiger partial charge in [0.15, 0.2) is 0 Å². The summed E-state index contributed by atoms with van der Waals surface area (Å²) in [5.41, 5.74) is 3.94. The van der Waals surface area contributed by atoms with Crippen LogP contribution in [0.1, 0.15) is 40.7 Å². The molecule has 0 aliphatic carbocycles. The average molecular weight is 505 g/mol. The van der Waals surface area contributed by atoms with Crippen LogP contribution in [0.4, 0.5) is 16.2 Å². The number of aromatic nitrogens is 1. The Labute approximate surface area is 213 Å². The predicted octanol–water partition coefficient (Wildman–Crippen LogP) is 5.19. The van der Waals surface area contributed by atoms with Crippen molar-refractivity contribution >= 4 is 40.6 Å². The zero-order valence-corrected chi connectivity index (χ0v) is 20.8. The number of hydrogen-bond donors (Lipinski definition) is 3. The second-order valence-corrected chi connectivity index (χ2v) is 9.50. The number of thiazole rings is 1. The maximum atomic E-state index is 13.2. The van der Waals surface area contributed by atoms with E-state index in [0.717, 1.165) is 27.5 Å². The lowest BCUT2D eigenvalue weighted by molar-refractivity contribution is -0.137. The number of rotatable bonds is 8. The molecule has 0 fully saturated rings. The van der Waals surface area contributed by atoms with Crippen LogP contribution in [0.3, 0.4) is 0 Å². The molecule has 1 atom stereocenters. The molecule has 1 unspecified atom stereocenters. The first kappa shape index (κ1) is 25.1. The molecule has 0 bridgehead atoms. The summed E-state index contributed by atoms with van der Waals surface area (Å²) in [5.74, 6) is -0.861. The number of amides is 3. The van der Waals surface area contributed by atoms with Crippen molar-refractivity contribution in [1.29, 1.82) is 0 Å². The van der Waals surface area contributed by atoms with Gasteiger partial charge in [0.05, 0.1) is 24.6 Å². The minimum atomic E-state index is -0.852. The molecule has 3 N–H and O–H groups in total. The number of urea groups is 1. The third-order valence-electron chi connectivity index (χ3n) is 5.93. The van der Waals surface area contributed by atoms with Crippen LogP contribution < -0.4 is 10.6 Å². The van der Waals surface area contributed by atoms with Gasteiger partial charge in [0.2, 0.25) is 5.91 Å². The highest BCUT2D eigenvalue weighted by atomic mass is 32.1. The summed E-state index contributed by atoms with van der Waals surface area (Å²) < 4.78 is 0. The van der Waals surface area contributed by atoms with Gasteiger partial charge in [-0.3, -0.25) is 9.59 Å². The lowest BCUT2D eigenvalue weighted by Crippen LogP contribution is -2.37. The van der Waals surface area contributed by atoms with Crippen LogP contribution in [0.15, 0.2) is 66.1 Å². The van der Waals surface area contributed by atoms with Crippen molar-refractivity contribution in [3.05, 3.63) is 87.9 Å². The van der Waals surface area contributed by atoms with Gasteiger partial charge in [-0.2, -0.15) is 0 Å². The zero-order valence-electron chi connectivity index (χ0n) is 19.9. The number of nitrogens with one attached hydrogen (secondary N) is 2. The Kier molecular flexibility index (Phi) is 8.12. The fourth-order valence-corrected chi connectivity index (χ4v) is 4.96. The third-order valence-corrected chi connectivity index (χ3v) is 6.93. The van der Waals surface area contributed by atoms with E-state index in [1.807, 2.05) is 59.7 Å². The molecule has 1 aliphatic rings. The summed E-state index contributed by atoms with van der Waals surface area (Å²) in [6.07, 6.45) is 5.36. The van der Waals surface area contributed by atoms with Crippen LogP contribution >= 0.6 is 11.3 Å². The predicted molar refractivity (Wildman–Crippen MR) is 140 cm³/mol. The van der Waals surface area contributed by atoms with Gasteiger partial charge in [-0.15, -0.1) is 11.3 Å². The summed E-state index contributed by atoms with van der Waals surface area (Å²) in [4.78, 5) is 42.8. The number of carboxylic acid groups (broad SMARTS) is 1. The Bertz CT molecular complexity index is 1270. The molecule has 9 heteroatoms. The number of carboxylic acids is 1. The smallest absolute Gasteiger partial charge is 0.323 e. The summed E-state index contributed by atoms with van der Waals surface area (Å²) in [5, 5.41) is 17.3. The molecule has 0 saturated heterocycles. The number of anilines is 2. The first-order valence-electron chi connectivity index (χ1n) is 11.7. The number of para-hydroxylation sites is 1. The highest BCUT2D eigenvalue weighted by Gasteiger charge is 2.28. The SMILES string of the molecule is Cc1ccccc1NC(=O)Nc1ccc(CC(=O)N2CC=CCC2c2nc(CCC(=O)O)cs2)cc1. The Balaban J connectivity index is 1.35. The zero-order chi connectivity index (χ0) is 25.5. The Morgan fingerprint density at radius 2 is 1.86 bits per heavy atom. The van der Waals surface area contributed by atoms with Crippen molar-refractivity contribution in [1.82, 2.24) is 9.88 Å². The molecular weight excluding hydrogens is 476 g/mol. The first-order valence-corrected chi connectivity index (χ1v) is 12.6. The number of hydrogen-bond acceptors (Lipinski definition) is 5. The topological polar surface area (TPSA) is 112 Å². The number of nitrogens with zero attached hydrogens (tertiary/aromatic N) is 2. The second-order valence-electron chi connectivity index (χ2n) is 8.61. The lowest BCUT2D eigenvalue weighted by atomic mass is 10.1. The van der Waals surface area contributed by atoms with Gasteiger partial charge in [-0.1, -0.05) is 42.5 Å². The molecule has 0 saturated carbocycles. The molecule has 0 spiro atoms. The van der Waals surface area contributed by atoms with E-state index in [2.05, 4.69) is 21.7 Å². The van der Waals surface area contributed by atoms with E-state index in [0.29, 0.717) is 25.1 Å². The van der Waals surface area contributed by atoms with Crippen LogP contribution in [-0.2, 0) is 22.4 Å². The van der Waals surface area contributed by atoms with Gasteiger partial charge >= 0.3 is 12.0 Å². The van der Waals surface area contributed by atoms with Gasteiger partial charge in [0, 0.05) is 29.7 Å². The number of carbonyl (C=O) groups excluding carboxylic acids is 2. The van der Waals surface area contributed by atoms with Crippen LogP contribution in [-0.4, -0.2) is 39.4 Å². The van der Waals surface area contributed by atoms with Gasteiger partial charge < -0.3 is 20.6 Å². The number of aryl methyl sites for hydroxylation is 2. The maximum absolute atomic E-state index is 13.2. The van der Waals surface area contributed by atoms with Crippen LogP contribution in [0, 0.1) is 6.92 Å². The molecule has 2 heterocycles. The lowest BCUT2D eigenvalue weighted by Gasteiger charge is -2.32. The first-order chi connectivity index (χ1) is 17.4. The Hall–Kier alpha value is -3.98. The van der Waals surface area contributed by atoms with Gasteiger partial charge in [0.1, 0.15) is 5.01 Å². The average Bonchev–Trinajstić information content (AvgIpc) is 3.34. The fourth-order valence-electron chi connectivity index (χ4n) is 3.98. The number of aliphatic carboxylic acids is 1.